The van der Waals surface area contributed by atoms with E-state index >= 15 is 0 Å². The van der Waals surface area contributed by atoms with E-state index in [1.165, 1.54) is 23.4 Å². The molecule has 0 aliphatic carbocycles. The average Bonchev–Trinajstić information content (AvgIpc) is 2.37. The number of nitrogens with zero attached hydrogens (tertiary/aromatic N) is 1. The van der Waals surface area contributed by atoms with Gasteiger partial charge in [-0.05, 0) is 31.9 Å². The Morgan fingerprint density at radius 2 is 1.71 bits per heavy atom. The van der Waals surface area contributed by atoms with Gasteiger partial charge >= 0.3 is 0 Å². The molecule has 0 spiro atoms. The van der Waals surface area contributed by atoms with Gasteiger partial charge < -0.3 is 0 Å². The van der Waals surface area contributed by atoms with Crippen LogP contribution in [0, 0.1) is 5.92 Å². The monoisotopic (exact) mass is 413 g/mol. The van der Waals surface area contributed by atoms with Crippen LogP contribution in [0.1, 0.15) is 19.8 Å². The van der Waals surface area contributed by atoms with Crippen molar-refractivity contribution in [3.8, 4) is 0 Å². The van der Waals surface area contributed by atoms with E-state index in [9.17, 15) is 13.2 Å². The maximum Gasteiger partial charge on any atom is 0.246 e. The van der Waals surface area contributed by atoms with Gasteiger partial charge in [-0.25, -0.2) is 8.42 Å². The van der Waals surface area contributed by atoms with Gasteiger partial charge in [0.15, 0.2) is 0 Å². The number of hydrogen-bond donors (Lipinski definition) is 0. The molecule has 1 saturated heterocycles. The molecule has 4 nitrogen and oxygen atoms in total. The van der Waals surface area contributed by atoms with Crippen molar-refractivity contribution in [3.63, 3.8) is 0 Å². The number of piperidine rings is 1. The van der Waals surface area contributed by atoms with Crippen LogP contribution >= 0.6 is 39.1 Å². The van der Waals surface area contributed by atoms with Crippen molar-refractivity contribution in [2.45, 2.75) is 24.7 Å². The summed E-state index contributed by atoms with van der Waals surface area (Å²) in [5.41, 5.74) is 0. The van der Waals surface area contributed by atoms with Crippen LogP contribution in [-0.4, -0.2) is 31.6 Å². The summed E-state index contributed by atoms with van der Waals surface area (Å²) in [6.45, 7) is 2.14. The molecule has 116 valence electrons. The van der Waals surface area contributed by atoms with Crippen LogP contribution in [0.25, 0.3) is 0 Å². The summed E-state index contributed by atoms with van der Waals surface area (Å²) in [4.78, 5) is 11.3. The van der Waals surface area contributed by atoms with E-state index in [0.717, 1.165) is 0 Å². The summed E-state index contributed by atoms with van der Waals surface area (Å²) < 4.78 is 27.3. The van der Waals surface area contributed by atoms with Gasteiger partial charge in [-0.1, -0.05) is 39.1 Å². The molecule has 8 heteroatoms. The summed E-state index contributed by atoms with van der Waals surface area (Å²) in [6.07, 6.45) is 1.06. The quantitative estimate of drug-likeness (QED) is 0.756. The van der Waals surface area contributed by atoms with Crippen molar-refractivity contribution in [2.24, 2.45) is 5.92 Å². The molecule has 1 aliphatic rings. The third-order valence-corrected chi connectivity index (χ3v) is 6.87. The van der Waals surface area contributed by atoms with E-state index in [4.69, 9.17) is 23.2 Å². The van der Waals surface area contributed by atoms with Crippen LogP contribution in [0.4, 0.5) is 0 Å². The summed E-state index contributed by atoms with van der Waals surface area (Å²) >= 11 is 15.3. The minimum Gasteiger partial charge on any atom is -0.300 e. The molecule has 0 unspecified atom stereocenters. The molecule has 1 heterocycles. The molecule has 1 aliphatic heterocycles. The Balaban J connectivity index is 2.30. The molecule has 0 atom stereocenters. The van der Waals surface area contributed by atoms with Gasteiger partial charge in [0.2, 0.25) is 10.0 Å². The molecule has 0 saturated carbocycles. The van der Waals surface area contributed by atoms with E-state index in [2.05, 4.69) is 15.9 Å². The normalized spacial score (nSPS) is 17.9. The molecule has 0 amide bonds. The van der Waals surface area contributed by atoms with Gasteiger partial charge in [0.25, 0.3) is 0 Å². The third kappa shape index (κ3) is 3.62. The lowest BCUT2D eigenvalue weighted by molar-refractivity contribution is -0.121. The summed E-state index contributed by atoms with van der Waals surface area (Å²) in [5, 5.41) is 0.172. The fourth-order valence-corrected chi connectivity index (χ4v) is 5.76. The summed E-state index contributed by atoms with van der Waals surface area (Å²) in [5.74, 6) is 0.0408. The van der Waals surface area contributed by atoms with Gasteiger partial charge in [-0.3, -0.25) is 4.79 Å². The van der Waals surface area contributed by atoms with Crippen LogP contribution in [0.15, 0.2) is 21.5 Å². The highest BCUT2D eigenvalue weighted by Gasteiger charge is 2.33. The molecular formula is C13H14BrCl2NO3S. The standard InChI is InChI=1S/C13H14BrCl2NO3S/c1-8(18)9-2-4-17(5-3-9)21(19,20)13-11(15)6-10(14)7-12(13)16/h6-7,9H,2-5H2,1H3. The third-order valence-electron chi connectivity index (χ3n) is 3.59. The molecule has 0 aromatic heterocycles. The number of ketones is 1. The first kappa shape index (κ1) is 17.2. The van der Waals surface area contributed by atoms with Crippen molar-refractivity contribution in [3.05, 3.63) is 26.7 Å². The van der Waals surface area contributed by atoms with Gasteiger partial charge in [0, 0.05) is 23.5 Å². The molecule has 1 aromatic carbocycles. The minimum absolute atomic E-state index is 0.0627. The number of benzene rings is 1. The first-order chi connectivity index (χ1) is 9.73. The number of sulfonamides is 1. The number of halogens is 3. The molecule has 0 bridgehead atoms. The van der Waals surface area contributed by atoms with Crippen LogP contribution in [0.3, 0.4) is 0 Å². The molecule has 21 heavy (non-hydrogen) atoms. The topological polar surface area (TPSA) is 54.5 Å². The lowest BCUT2D eigenvalue weighted by atomic mass is 9.95. The predicted molar refractivity (Wildman–Crippen MR) is 86.3 cm³/mol. The van der Waals surface area contributed by atoms with Crippen molar-refractivity contribution in [1.29, 1.82) is 0 Å². The Hall–Kier alpha value is -0.140. The Morgan fingerprint density at radius 1 is 1.24 bits per heavy atom. The van der Waals surface area contributed by atoms with Crippen LogP contribution in [-0.2, 0) is 14.8 Å². The second kappa shape index (κ2) is 6.54. The Bertz CT molecular complexity index is 647. The first-order valence-corrected chi connectivity index (χ1v) is 9.37. The maximum atomic E-state index is 12.7. The van der Waals surface area contributed by atoms with Gasteiger partial charge in [0.1, 0.15) is 10.7 Å². The average molecular weight is 415 g/mol. The second-order valence-corrected chi connectivity index (χ2v) is 8.59. The SMILES string of the molecule is CC(=O)C1CCN(S(=O)(=O)c2c(Cl)cc(Br)cc2Cl)CC1. The predicted octanol–water partition coefficient (Wildman–Crippen LogP) is 3.75. The van der Waals surface area contributed by atoms with Crippen molar-refractivity contribution in [2.75, 3.05) is 13.1 Å². The minimum atomic E-state index is -3.75. The molecule has 0 radical (unpaired) electrons. The van der Waals surface area contributed by atoms with E-state index in [1.54, 1.807) is 0 Å². The number of hydrogen-bond acceptors (Lipinski definition) is 3. The van der Waals surface area contributed by atoms with Crippen LogP contribution < -0.4 is 0 Å². The van der Waals surface area contributed by atoms with Crippen LogP contribution in [0.5, 0.6) is 0 Å². The Kier molecular flexibility index (Phi) is 5.36. The maximum absolute atomic E-state index is 12.7. The van der Waals surface area contributed by atoms with E-state index in [-0.39, 0.29) is 26.6 Å². The van der Waals surface area contributed by atoms with Gasteiger partial charge in [0.05, 0.1) is 10.0 Å². The van der Waals surface area contributed by atoms with Crippen LogP contribution in [0.2, 0.25) is 10.0 Å². The van der Waals surface area contributed by atoms with E-state index < -0.39 is 10.0 Å². The smallest absolute Gasteiger partial charge is 0.246 e. The van der Waals surface area contributed by atoms with E-state index in [1.807, 2.05) is 0 Å². The molecular weight excluding hydrogens is 401 g/mol. The highest BCUT2D eigenvalue weighted by molar-refractivity contribution is 9.10. The van der Waals surface area contributed by atoms with Crippen molar-refractivity contribution in [1.82, 2.24) is 4.31 Å². The molecule has 1 fully saturated rings. The number of carbonyl (C=O) groups is 1. The molecule has 2 rings (SSSR count). The first-order valence-electron chi connectivity index (χ1n) is 6.38. The molecule has 0 N–H and O–H groups in total. The van der Waals surface area contributed by atoms with Crippen molar-refractivity contribution >= 4 is 54.9 Å². The van der Waals surface area contributed by atoms with E-state index in [0.29, 0.717) is 30.4 Å². The van der Waals surface area contributed by atoms with Crippen molar-refractivity contribution < 1.29 is 13.2 Å². The molecule has 1 aromatic rings. The lowest BCUT2D eigenvalue weighted by Crippen LogP contribution is -2.40. The zero-order valence-corrected chi connectivity index (χ0v) is 15.2. The number of carbonyl (C=O) groups excluding carboxylic acids is 1. The second-order valence-electron chi connectivity index (χ2n) is 4.99. The highest BCUT2D eigenvalue weighted by atomic mass is 79.9. The lowest BCUT2D eigenvalue weighted by Gasteiger charge is -2.30. The summed E-state index contributed by atoms with van der Waals surface area (Å²) in [6, 6.07) is 3.01. The zero-order chi connectivity index (χ0) is 15.8. The highest BCUT2D eigenvalue weighted by Crippen LogP contribution is 2.36. The number of rotatable bonds is 3. The Labute approximate surface area is 142 Å². The number of Topliss-reactive ketones (excluding diaryl/α,β-unsaturated/α-hetero) is 1. The fraction of sp³-hybridized carbons (Fsp3) is 0.462. The fourth-order valence-electron chi connectivity index (χ4n) is 2.41. The van der Waals surface area contributed by atoms with Gasteiger partial charge in [-0.15, -0.1) is 0 Å². The zero-order valence-electron chi connectivity index (χ0n) is 11.3. The summed E-state index contributed by atoms with van der Waals surface area (Å²) in [7, 11) is -3.75. The largest absolute Gasteiger partial charge is 0.300 e. The Morgan fingerprint density at radius 3 is 2.14 bits per heavy atom. The van der Waals surface area contributed by atoms with Gasteiger partial charge in [-0.2, -0.15) is 4.31 Å².